The zero-order chi connectivity index (χ0) is 23.9. The van der Waals surface area contributed by atoms with Crippen LogP contribution >= 0.6 is 0 Å². The van der Waals surface area contributed by atoms with Gasteiger partial charge < -0.3 is 15.6 Å². The topological polar surface area (TPSA) is 111 Å². The second-order valence-corrected chi connectivity index (χ2v) is 9.12. The molecule has 1 amide bonds. The first-order valence-corrected chi connectivity index (χ1v) is 11.7. The summed E-state index contributed by atoms with van der Waals surface area (Å²) in [5, 5.41) is 17.7. The third-order valence-corrected chi connectivity index (χ3v) is 6.13. The Morgan fingerprint density at radius 3 is 2.89 bits per heavy atom. The molecule has 6 rings (SSSR count). The van der Waals surface area contributed by atoms with E-state index in [0.717, 1.165) is 50.2 Å². The molecule has 0 bridgehead atoms. The van der Waals surface area contributed by atoms with E-state index >= 15 is 0 Å². The predicted octanol–water partition coefficient (Wildman–Crippen LogP) is 3.08. The molecule has 3 heterocycles. The van der Waals surface area contributed by atoms with Crippen LogP contribution in [0.25, 0.3) is 45.3 Å². The molecule has 4 N–H and O–H groups in total. The first-order chi connectivity index (χ1) is 17.0. The van der Waals surface area contributed by atoms with Gasteiger partial charge in [0.1, 0.15) is 11.5 Å². The Hall–Kier alpha value is -4.46. The largest absolute Gasteiger partial charge is 0.363 e. The average Bonchev–Trinajstić information content (AvgIpc) is 3.50. The first-order valence-electron chi connectivity index (χ1n) is 11.7. The smallest absolute Gasteiger partial charge is 0.267 e. The molecule has 8 nitrogen and oxygen atoms in total. The van der Waals surface area contributed by atoms with Crippen molar-refractivity contribution in [1.29, 1.82) is 0 Å². The lowest BCUT2D eigenvalue weighted by Gasteiger charge is -2.18. The fraction of sp³-hybridized carbons (Fsp3) is 0.185. The predicted molar refractivity (Wildman–Crippen MR) is 138 cm³/mol. The van der Waals surface area contributed by atoms with Gasteiger partial charge in [-0.25, -0.2) is 9.97 Å². The van der Waals surface area contributed by atoms with Gasteiger partial charge in [-0.1, -0.05) is 36.4 Å². The number of para-hydroxylation sites is 1. The number of aromatic amines is 2. The number of benzene rings is 2. The van der Waals surface area contributed by atoms with Crippen LogP contribution in [0.2, 0.25) is 0 Å². The van der Waals surface area contributed by atoms with Gasteiger partial charge in [0.2, 0.25) is 0 Å². The normalized spacial score (nSPS) is 15.0. The number of fused-ring (bicyclic) bond motifs is 3. The molecule has 0 aliphatic heterocycles. The fourth-order valence-corrected chi connectivity index (χ4v) is 4.45. The van der Waals surface area contributed by atoms with Crippen molar-refractivity contribution in [2.75, 3.05) is 5.32 Å². The summed E-state index contributed by atoms with van der Waals surface area (Å²) in [7, 11) is 0. The maximum absolute atomic E-state index is 12.4. The Kier molecular flexibility index (Phi) is 5.06. The average molecular weight is 464 g/mol. The molecule has 2 aromatic carbocycles. The van der Waals surface area contributed by atoms with Gasteiger partial charge in [-0.3, -0.25) is 9.89 Å². The van der Waals surface area contributed by atoms with Crippen LogP contribution in [0.3, 0.4) is 0 Å². The minimum atomic E-state index is -0.118. The summed E-state index contributed by atoms with van der Waals surface area (Å²) in [6.45, 7) is 3.89. The van der Waals surface area contributed by atoms with Crippen molar-refractivity contribution in [3.63, 3.8) is 0 Å². The van der Waals surface area contributed by atoms with E-state index in [4.69, 9.17) is 9.97 Å². The highest BCUT2D eigenvalue weighted by Gasteiger charge is 2.16. The van der Waals surface area contributed by atoms with Gasteiger partial charge in [-0.05, 0) is 44.5 Å². The number of rotatable bonds is 5. The molecule has 0 radical (unpaired) electrons. The van der Waals surface area contributed by atoms with Gasteiger partial charge in [-0.2, -0.15) is 5.10 Å². The van der Waals surface area contributed by atoms with E-state index in [0.29, 0.717) is 11.5 Å². The zero-order valence-electron chi connectivity index (χ0n) is 19.5. The van der Waals surface area contributed by atoms with Crippen molar-refractivity contribution in [3.05, 3.63) is 71.0 Å². The molecule has 0 spiro atoms. The third kappa shape index (κ3) is 4.03. The van der Waals surface area contributed by atoms with Crippen molar-refractivity contribution < 1.29 is 4.79 Å². The number of nitrogens with one attached hydrogen (secondary N) is 4. The Bertz CT molecular complexity index is 1700. The number of anilines is 1. The van der Waals surface area contributed by atoms with Gasteiger partial charge in [-0.15, -0.1) is 0 Å². The van der Waals surface area contributed by atoms with E-state index in [1.165, 1.54) is 0 Å². The van der Waals surface area contributed by atoms with Crippen LogP contribution in [-0.2, 0) is 0 Å². The second kappa shape index (κ2) is 8.39. The maximum atomic E-state index is 12.4. The summed E-state index contributed by atoms with van der Waals surface area (Å²) in [4.78, 5) is 25.4. The Labute approximate surface area is 201 Å². The number of H-pyrrole nitrogens is 2. The number of hydrogen-bond donors (Lipinski definition) is 4. The zero-order valence-corrected chi connectivity index (χ0v) is 19.5. The molecule has 8 heteroatoms. The van der Waals surface area contributed by atoms with Gasteiger partial charge in [0.15, 0.2) is 5.82 Å². The molecule has 1 aliphatic carbocycles. The molecule has 35 heavy (non-hydrogen) atoms. The van der Waals surface area contributed by atoms with Gasteiger partial charge >= 0.3 is 0 Å². The van der Waals surface area contributed by atoms with E-state index in [2.05, 4.69) is 38.0 Å². The molecule has 1 atom stereocenters. The van der Waals surface area contributed by atoms with Crippen LogP contribution in [0.4, 0.5) is 5.82 Å². The minimum Gasteiger partial charge on any atom is -0.363 e. The second-order valence-electron chi connectivity index (χ2n) is 9.12. The van der Waals surface area contributed by atoms with Crippen molar-refractivity contribution in [2.45, 2.75) is 32.4 Å². The number of hydrogen-bond acceptors (Lipinski definition) is 5. The van der Waals surface area contributed by atoms with Crippen molar-refractivity contribution in [2.24, 2.45) is 0 Å². The summed E-state index contributed by atoms with van der Waals surface area (Å²) in [5.41, 5.74) is 3.15. The lowest BCUT2D eigenvalue weighted by molar-refractivity contribution is 0.0939. The summed E-state index contributed by atoms with van der Waals surface area (Å²) in [6.07, 6.45) is 6.99. The van der Waals surface area contributed by atoms with Gasteiger partial charge in [0.05, 0.1) is 23.1 Å². The highest BCUT2D eigenvalue weighted by Crippen LogP contribution is 2.28. The molecule has 1 aliphatic rings. The van der Waals surface area contributed by atoms with Crippen LogP contribution < -0.4 is 21.2 Å². The number of nitrogens with zero attached hydrogens (tertiary/aromatic N) is 3. The van der Waals surface area contributed by atoms with Crippen LogP contribution in [0.15, 0.2) is 54.7 Å². The van der Waals surface area contributed by atoms with E-state index < -0.39 is 0 Å². The number of carbonyl (C=O) groups excluding carboxylic acids is 1. The minimum absolute atomic E-state index is 0.0699. The summed E-state index contributed by atoms with van der Waals surface area (Å²) in [6, 6.07) is 16.0. The molecule has 5 aromatic rings. The Balaban J connectivity index is 1.38. The lowest BCUT2D eigenvalue weighted by Crippen LogP contribution is -2.32. The van der Waals surface area contributed by atoms with Crippen LogP contribution in [0, 0.1) is 0 Å². The Morgan fingerprint density at radius 1 is 1.11 bits per heavy atom. The van der Waals surface area contributed by atoms with Gasteiger partial charge in [0, 0.05) is 33.1 Å². The molecule has 174 valence electrons. The van der Waals surface area contributed by atoms with Crippen molar-refractivity contribution in [1.82, 2.24) is 30.5 Å². The lowest BCUT2D eigenvalue weighted by atomic mass is 10.1. The molecular weight excluding hydrogens is 438 g/mol. The first kappa shape index (κ1) is 21.1. The maximum Gasteiger partial charge on any atom is 0.267 e. The van der Waals surface area contributed by atoms with E-state index in [1.54, 1.807) is 0 Å². The van der Waals surface area contributed by atoms with E-state index in [9.17, 15) is 4.79 Å². The van der Waals surface area contributed by atoms with Crippen molar-refractivity contribution >= 4 is 45.7 Å². The molecule has 3 aromatic heterocycles. The fourth-order valence-electron chi connectivity index (χ4n) is 4.45. The third-order valence-electron chi connectivity index (χ3n) is 6.13. The van der Waals surface area contributed by atoms with Crippen LogP contribution in [-0.4, -0.2) is 43.1 Å². The van der Waals surface area contributed by atoms with Crippen molar-refractivity contribution in [3.8, 4) is 11.4 Å². The summed E-state index contributed by atoms with van der Waals surface area (Å²) in [5.74, 6) is 1.29. The molecular formula is C27H25N7O. The quantitative estimate of drug-likeness (QED) is 0.320. The molecule has 0 saturated heterocycles. The molecule has 0 fully saturated rings. The number of aromatic nitrogens is 5. The Morgan fingerprint density at radius 2 is 2.00 bits per heavy atom. The number of carbonyl (C=O) groups is 1. The molecule has 1 unspecified atom stereocenters. The van der Waals surface area contributed by atoms with Crippen LogP contribution in [0.1, 0.15) is 30.8 Å². The van der Waals surface area contributed by atoms with Crippen LogP contribution in [0.5, 0.6) is 0 Å². The van der Waals surface area contributed by atoms with Gasteiger partial charge in [0.25, 0.3) is 5.91 Å². The highest BCUT2D eigenvalue weighted by molar-refractivity contribution is 5.99. The number of amides is 1. The SMILES string of the molecule is CC(C)NC(=O)c1cc2ccc(-c3nc(NC4C=c5cn[nH]c5=CC4)c4ccccc4n3)cc2[nH]1. The van der Waals surface area contributed by atoms with E-state index in [1.807, 2.05) is 68.6 Å². The molecule has 0 saturated carbocycles. The summed E-state index contributed by atoms with van der Waals surface area (Å²) >= 11 is 0. The van der Waals surface area contributed by atoms with E-state index in [-0.39, 0.29) is 18.0 Å². The standard InChI is InChI=1S/C27H25N7O/c1-15(2)29-27(35)24-12-16-7-8-17(13-23(16)31-24)25-32-22-6-4-3-5-20(22)26(33-25)30-19-9-10-21-18(11-19)14-28-34-21/h3-8,10-15,19,31,34H,9H2,1-2H3,(H,29,35)(H,30,32,33). The monoisotopic (exact) mass is 463 g/mol. The highest BCUT2D eigenvalue weighted by atomic mass is 16.1. The summed E-state index contributed by atoms with van der Waals surface area (Å²) < 4.78 is 0.